The third-order valence-electron chi connectivity index (χ3n) is 3.79. The average Bonchev–Trinajstić information content (AvgIpc) is 2.86. The normalized spacial score (nSPS) is 12.6. The molecule has 1 N–H and O–H groups in total. The summed E-state index contributed by atoms with van der Waals surface area (Å²) in [4.78, 5) is 0. The fourth-order valence-electron chi connectivity index (χ4n) is 2.66. The molecule has 0 amide bonds. The molecule has 1 unspecified atom stereocenters. The second kappa shape index (κ2) is 7.41. The van der Waals surface area contributed by atoms with E-state index < -0.39 is 0 Å². The summed E-state index contributed by atoms with van der Waals surface area (Å²) in [7, 11) is 0. The molecule has 1 aromatic carbocycles. The van der Waals surface area contributed by atoms with Crippen LogP contribution in [0.5, 0.6) is 0 Å². The zero-order valence-corrected chi connectivity index (χ0v) is 13.7. The number of aryl methyl sites for hydroxylation is 3. The molecule has 0 saturated carbocycles. The van der Waals surface area contributed by atoms with E-state index in [2.05, 4.69) is 73.1 Å². The Morgan fingerprint density at radius 1 is 1.14 bits per heavy atom. The Balaban J connectivity index is 2.22. The van der Waals surface area contributed by atoms with Crippen LogP contribution in [0.4, 0.5) is 0 Å². The molecule has 0 spiro atoms. The van der Waals surface area contributed by atoms with Gasteiger partial charge in [-0.15, -0.1) is 0 Å². The zero-order chi connectivity index (χ0) is 15.2. The second-order valence-corrected chi connectivity index (χ2v) is 5.72. The largest absolute Gasteiger partial charge is 0.308 e. The molecule has 0 bridgehead atoms. The van der Waals surface area contributed by atoms with E-state index in [1.807, 2.05) is 0 Å². The molecular weight excluding hydrogens is 258 g/mol. The first kappa shape index (κ1) is 15.8. The van der Waals surface area contributed by atoms with Crippen molar-refractivity contribution in [1.82, 2.24) is 15.1 Å². The van der Waals surface area contributed by atoms with Crippen molar-refractivity contribution in [3.05, 3.63) is 52.8 Å². The first-order valence-electron chi connectivity index (χ1n) is 7.97. The fraction of sp³-hybridized carbons (Fsp3) is 0.500. The van der Waals surface area contributed by atoms with Gasteiger partial charge in [0.2, 0.25) is 0 Å². The van der Waals surface area contributed by atoms with Gasteiger partial charge >= 0.3 is 0 Å². The quantitative estimate of drug-likeness (QED) is 0.838. The third-order valence-corrected chi connectivity index (χ3v) is 3.79. The summed E-state index contributed by atoms with van der Waals surface area (Å²) in [6, 6.07) is 11.4. The lowest BCUT2D eigenvalue weighted by Crippen LogP contribution is -2.26. The Kier molecular flexibility index (Phi) is 5.57. The lowest BCUT2D eigenvalue weighted by molar-refractivity contribution is 0.478. The number of hydrogen-bond acceptors (Lipinski definition) is 2. The number of benzene rings is 1. The Hall–Kier alpha value is -1.61. The molecule has 0 aliphatic rings. The van der Waals surface area contributed by atoms with Gasteiger partial charge in [0.05, 0.1) is 17.4 Å². The standard InChI is InChI=1S/C18H27N3/c1-5-11-19-17(13-16-9-7-14(3)8-10-16)18-12-15(4)20-21(18)6-2/h7-10,12,17,19H,5-6,11,13H2,1-4H3. The molecule has 3 heteroatoms. The van der Waals surface area contributed by atoms with Crippen molar-refractivity contribution in [3.8, 4) is 0 Å². The molecule has 1 heterocycles. The minimum absolute atomic E-state index is 0.328. The molecule has 1 atom stereocenters. The highest BCUT2D eigenvalue weighted by atomic mass is 15.3. The molecule has 3 nitrogen and oxygen atoms in total. The molecule has 1 aromatic heterocycles. The van der Waals surface area contributed by atoms with Gasteiger partial charge < -0.3 is 5.32 Å². The van der Waals surface area contributed by atoms with E-state index in [0.717, 1.165) is 31.6 Å². The molecule has 0 aliphatic heterocycles. The highest BCUT2D eigenvalue weighted by Crippen LogP contribution is 2.20. The summed E-state index contributed by atoms with van der Waals surface area (Å²) in [5.41, 5.74) is 5.07. The van der Waals surface area contributed by atoms with Crippen LogP contribution < -0.4 is 5.32 Å². The lowest BCUT2D eigenvalue weighted by atomic mass is 10.0. The van der Waals surface area contributed by atoms with E-state index in [1.165, 1.54) is 16.8 Å². The van der Waals surface area contributed by atoms with E-state index in [1.54, 1.807) is 0 Å². The number of nitrogens with zero attached hydrogens (tertiary/aromatic N) is 2. The maximum absolute atomic E-state index is 4.59. The van der Waals surface area contributed by atoms with Gasteiger partial charge in [-0.05, 0) is 51.8 Å². The van der Waals surface area contributed by atoms with Gasteiger partial charge in [0.25, 0.3) is 0 Å². The minimum Gasteiger partial charge on any atom is -0.308 e. The number of rotatable bonds is 7. The maximum Gasteiger partial charge on any atom is 0.0597 e. The van der Waals surface area contributed by atoms with Gasteiger partial charge in [-0.1, -0.05) is 36.8 Å². The van der Waals surface area contributed by atoms with Gasteiger partial charge in [-0.25, -0.2) is 0 Å². The number of nitrogens with one attached hydrogen (secondary N) is 1. The smallest absolute Gasteiger partial charge is 0.0597 e. The van der Waals surface area contributed by atoms with Crippen LogP contribution in [-0.2, 0) is 13.0 Å². The number of aromatic nitrogens is 2. The van der Waals surface area contributed by atoms with Gasteiger partial charge in [0.1, 0.15) is 0 Å². The summed E-state index contributed by atoms with van der Waals surface area (Å²) < 4.78 is 2.12. The Bertz CT molecular complexity index is 554. The first-order chi connectivity index (χ1) is 10.1. The molecule has 0 fully saturated rings. The summed E-state index contributed by atoms with van der Waals surface area (Å²) in [5.74, 6) is 0. The fourth-order valence-corrected chi connectivity index (χ4v) is 2.66. The average molecular weight is 285 g/mol. The van der Waals surface area contributed by atoms with Gasteiger partial charge in [0, 0.05) is 6.54 Å². The summed E-state index contributed by atoms with van der Waals surface area (Å²) in [5, 5.41) is 8.27. The monoisotopic (exact) mass is 285 g/mol. The van der Waals surface area contributed by atoms with Gasteiger partial charge in [0.15, 0.2) is 0 Å². The van der Waals surface area contributed by atoms with Crippen LogP contribution in [0.1, 0.15) is 48.8 Å². The highest BCUT2D eigenvalue weighted by Gasteiger charge is 2.17. The van der Waals surface area contributed by atoms with Crippen molar-refractivity contribution in [2.45, 2.75) is 53.1 Å². The van der Waals surface area contributed by atoms with E-state index >= 15 is 0 Å². The predicted octanol–water partition coefficient (Wildman–Crippen LogP) is 3.80. The first-order valence-corrected chi connectivity index (χ1v) is 7.97. The maximum atomic E-state index is 4.59. The molecule has 0 aliphatic carbocycles. The highest BCUT2D eigenvalue weighted by molar-refractivity contribution is 5.24. The summed E-state index contributed by atoms with van der Waals surface area (Å²) in [6.45, 7) is 10.5. The van der Waals surface area contributed by atoms with Crippen LogP contribution in [0.15, 0.2) is 30.3 Å². The zero-order valence-electron chi connectivity index (χ0n) is 13.7. The predicted molar refractivity (Wildman–Crippen MR) is 88.6 cm³/mol. The van der Waals surface area contributed by atoms with Crippen LogP contribution >= 0.6 is 0 Å². The van der Waals surface area contributed by atoms with E-state index in [0.29, 0.717) is 6.04 Å². The van der Waals surface area contributed by atoms with Crippen molar-refractivity contribution < 1.29 is 0 Å². The lowest BCUT2D eigenvalue weighted by Gasteiger charge is -2.20. The van der Waals surface area contributed by atoms with Crippen LogP contribution in [-0.4, -0.2) is 16.3 Å². The van der Waals surface area contributed by atoms with E-state index in [-0.39, 0.29) is 0 Å². The van der Waals surface area contributed by atoms with Gasteiger partial charge in [-0.3, -0.25) is 4.68 Å². The van der Waals surface area contributed by atoms with Crippen molar-refractivity contribution in [2.24, 2.45) is 0 Å². The molecular formula is C18H27N3. The molecule has 21 heavy (non-hydrogen) atoms. The third kappa shape index (κ3) is 4.18. The van der Waals surface area contributed by atoms with Crippen LogP contribution in [0, 0.1) is 13.8 Å². The van der Waals surface area contributed by atoms with Crippen molar-refractivity contribution >= 4 is 0 Å². The topological polar surface area (TPSA) is 29.9 Å². The molecule has 114 valence electrons. The Labute approximate surface area is 128 Å². The Morgan fingerprint density at radius 2 is 1.86 bits per heavy atom. The Morgan fingerprint density at radius 3 is 2.48 bits per heavy atom. The molecule has 0 radical (unpaired) electrons. The van der Waals surface area contributed by atoms with Crippen molar-refractivity contribution in [3.63, 3.8) is 0 Å². The van der Waals surface area contributed by atoms with Crippen LogP contribution in [0.3, 0.4) is 0 Å². The van der Waals surface area contributed by atoms with Crippen molar-refractivity contribution in [1.29, 1.82) is 0 Å². The van der Waals surface area contributed by atoms with Crippen LogP contribution in [0.25, 0.3) is 0 Å². The van der Waals surface area contributed by atoms with E-state index in [4.69, 9.17) is 0 Å². The second-order valence-electron chi connectivity index (χ2n) is 5.72. The van der Waals surface area contributed by atoms with Crippen molar-refractivity contribution in [2.75, 3.05) is 6.54 Å². The van der Waals surface area contributed by atoms with Gasteiger partial charge in [-0.2, -0.15) is 5.10 Å². The molecule has 0 saturated heterocycles. The van der Waals surface area contributed by atoms with Crippen LogP contribution in [0.2, 0.25) is 0 Å². The summed E-state index contributed by atoms with van der Waals surface area (Å²) in [6.07, 6.45) is 2.15. The SMILES string of the molecule is CCCNC(Cc1ccc(C)cc1)c1cc(C)nn1CC. The van der Waals surface area contributed by atoms with E-state index in [9.17, 15) is 0 Å². The minimum atomic E-state index is 0.328. The number of hydrogen-bond donors (Lipinski definition) is 1. The molecule has 2 aromatic rings. The summed E-state index contributed by atoms with van der Waals surface area (Å²) >= 11 is 0. The molecule has 2 rings (SSSR count).